The molecule has 0 bridgehead atoms. The first-order valence-corrected chi connectivity index (χ1v) is 12.2. The number of carbonyl (C=O) groups excluding carboxylic acids is 1. The van der Waals surface area contributed by atoms with E-state index < -0.39 is 33.6 Å². The van der Waals surface area contributed by atoms with Crippen LogP contribution in [0.15, 0.2) is 77.7 Å². The van der Waals surface area contributed by atoms with Gasteiger partial charge in [-0.05, 0) is 41.5 Å². The van der Waals surface area contributed by atoms with Crippen molar-refractivity contribution >= 4 is 15.9 Å². The molecule has 9 heteroatoms. The van der Waals surface area contributed by atoms with E-state index in [1.807, 2.05) is 18.2 Å². The Morgan fingerprint density at radius 1 is 0.941 bits per heavy atom. The molecular weight excluding hydrogens is 462 g/mol. The van der Waals surface area contributed by atoms with Crippen molar-refractivity contribution < 1.29 is 26.7 Å². The first-order valence-electron chi connectivity index (χ1n) is 10.7. The van der Waals surface area contributed by atoms with Crippen molar-refractivity contribution in [3.8, 4) is 0 Å². The fraction of sp³-hybridized carbons (Fsp3) is 0.240. The molecule has 1 fully saturated rings. The van der Waals surface area contributed by atoms with Crippen molar-refractivity contribution in [3.63, 3.8) is 0 Å². The van der Waals surface area contributed by atoms with Gasteiger partial charge in [-0.3, -0.25) is 4.79 Å². The van der Waals surface area contributed by atoms with Crippen molar-refractivity contribution in [2.24, 2.45) is 0 Å². The number of nitrogens with zero attached hydrogens (tertiary/aromatic N) is 2. The van der Waals surface area contributed by atoms with Gasteiger partial charge >= 0.3 is 0 Å². The van der Waals surface area contributed by atoms with E-state index in [1.165, 1.54) is 28.4 Å². The SMILES string of the molecule is CN(C(=O)c1cc(S(=O)(=O)N2CCOCC2)ccc1F)C(c1ccccc1)c1ccc(F)cc1. The zero-order chi connectivity index (χ0) is 24.3. The molecule has 1 amide bonds. The normalized spacial score (nSPS) is 15.6. The molecular formula is C25H24F2N2O4S. The highest BCUT2D eigenvalue weighted by Crippen LogP contribution is 2.30. The zero-order valence-electron chi connectivity index (χ0n) is 18.5. The van der Waals surface area contributed by atoms with Crippen LogP contribution in [0.2, 0.25) is 0 Å². The van der Waals surface area contributed by atoms with E-state index in [1.54, 1.807) is 24.3 Å². The molecule has 0 radical (unpaired) electrons. The Kier molecular flexibility index (Phi) is 7.06. The van der Waals surface area contributed by atoms with E-state index in [-0.39, 0.29) is 36.8 Å². The first-order chi connectivity index (χ1) is 16.3. The number of ether oxygens (including phenoxy) is 1. The lowest BCUT2D eigenvalue weighted by molar-refractivity contribution is 0.0729. The minimum absolute atomic E-state index is 0.161. The van der Waals surface area contributed by atoms with E-state index in [4.69, 9.17) is 4.74 Å². The monoisotopic (exact) mass is 486 g/mol. The predicted molar refractivity (Wildman–Crippen MR) is 123 cm³/mol. The molecule has 178 valence electrons. The minimum Gasteiger partial charge on any atom is -0.379 e. The van der Waals surface area contributed by atoms with Gasteiger partial charge in [-0.15, -0.1) is 0 Å². The molecule has 1 atom stereocenters. The molecule has 0 aromatic heterocycles. The lowest BCUT2D eigenvalue weighted by atomic mass is 9.96. The van der Waals surface area contributed by atoms with Crippen LogP contribution in [-0.4, -0.2) is 56.9 Å². The summed E-state index contributed by atoms with van der Waals surface area (Å²) in [4.78, 5) is 14.6. The van der Waals surface area contributed by atoms with Crippen LogP contribution in [0.1, 0.15) is 27.5 Å². The Morgan fingerprint density at radius 3 is 2.21 bits per heavy atom. The van der Waals surface area contributed by atoms with E-state index in [0.717, 1.165) is 23.8 Å². The fourth-order valence-electron chi connectivity index (χ4n) is 3.99. The molecule has 3 aromatic rings. The summed E-state index contributed by atoms with van der Waals surface area (Å²) in [6, 6.07) is 17.3. The van der Waals surface area contributed by atoms with Crippen LogP contribution in [0.4, 0.5) is 8.78 Å². The highest BCUT2D eigenvalue weighted by molar-refractivity contribution is 7.89. The second kappa shape index (κ2) is 10.0. The molecule has 0 saturated carbocycles. The quantitative estimate of drug-likeness (QED) is 0.531. The van der Waals surface area contributed by atoms with E-state index >= 15 is 0 Å². The summed E-state index contributed by atoms with van der Waals surface area (Å²) in [7, 11) is -2.41. The molecule has 0 aliphatic carbocycles. The second-order valence-electron chi connectivity index (χ2n) is 7.94. The average molecular weight is 487 g/mol. The van der Waals surface area contributed by atoms with Crippen molar-refractivity contribution in [1.82, 2.24) is 9.21 Å². The van der Waals surface area contributed by atoms with Gasteiger partial charge in [0.1, 0.15) is 11.6 Å². The molecule has 1 heterocycles. The highest BCUT2D eigenvalue weighted by Gasteiger charge is 2.30. The number of benzene rings is 3. The Balaban J connectivity index is 1.71. The average Bonchev–Trinajstić information content (AvgIpc) is 2.86. The van der Waals surface area contributed by atoms with Gasteiger partial charge in [0, 0.05) is 20.1 Å². The molecule has 1 aliphatic rings. The van der Waals surface area contributed by atoms with Crippen molar-refractivity contribution in [3.05, 3.63) is 101 Å². The number of carbonyl (C=O) groups is 1. The van der Waals surface area contributed by atoms with Crippen molar-refractivity contribution in [2.45, 2.75) is 10.9 Å². The molecule has 0 spiro atoms. The van der Waals surface area contributed by atoms with Crippen LogP contribution in [0.25, 0.3) is 0 Å². The van der Waals surface area contributed by atoms with E-state index in [0.29, 0.717) is 5.56 Å². The van der Waals surface area contributed by atoms with Gasteiger partial charge in [0.2, 0.25) is 10.0 Å². The largest absolute Gasteiger partial charge is 0.379 e. The summed E-state index contributed by atoms with van der Waals surface area (Å²) in [5, 5.41) is 0. The van der Waals surface area contributed by atoms with Crippen LogP contribution in [0.3, 0.4) is 0 Å². The number of rotatable bonds is 6. The molecule has 4 rings (SSSR count). The Bertz CT molecular complexity index is 1260. The fourth-order valence-corrected chi connectivity index (χ4v) is 5.43. The number of morpholine rings is 1. The van der Waals surface area contributed by atoms with Gasteiger partial charge < -0.3 is 9.64 Å². The third kappa shape index (κ3) is 4.86. The minimum atomic E-state index is -3.92. The number of halogens is 2. The Labute approximate surface area is 197 Å². The Hall–Kier alpha value is -3.14. The summed E-state index contributed by atoms with van der Waals surface area (Å²) in [6.45, 7) is 0.907. The zero-order valence-corrected chi connectivity index (χ0v) is 19.3. The number of hydrogen-bond acceptors (Lipinski definition) is 4. The lowest BCUT2D eigenvalue weighted by Gasteiger charge is -2.30. The van der Waals surface area contributed by atoms with Crippen molar-refractivity contribution in [2.75, 3.05) is 33.4 Å². The van der Waals surface area contributed by atoms with Gasteiger partial charge in [0.15, 0.2) is 0 Å². The van der Waals surface area contributed by atoms with Crippen LogP contribution in [-0.2, 0) is 14.8 Å². The molecule has 6 nitrogen and oxygen atoms in total. The van der Waals surface area contributed by atoms with E-state index in [2.05, 4.69) is 0 Å². The second-order valence-corrected chi connectivity index (χ2v) is 9.88. The van der Waals surface area contributed by atoms with Crippen LogP contribution in [0, 0.1) is 11.6 Å². The summed E-state index contributed by atoms with van der Waals surface area (Å²) in [5.41, 5.74) is 1.00. The summed E-state index contributed by atoms with van der Waals surface area (Å²) >= 11 is 0. The topological polar surface area (TPSA) is 66.9 Å². The molecule has 1 aliphatic heterocycles. The number of hydrogen-bond donors (Lipinski definition) is 0. The molecule has 1 saturated heterocycles. The van der Waals surface area contributed by atoms with Gasteiger partial charge in [-0.1, -0.05) is 42.5 Å². The molecule has 34 heavy (non-hydrogen) atoms. The third-order valence-corrected chi connectivity index (χ3v) is 7.68. The van der Waals surface area contributed by atoms with Crippen LogP contribution in [0.5, 0.6) is 0 Å². The number of amides is 1. The smallest absolute Gasteiger partial charge is 0.257 e. The summed E-state index contributed by atoms with van der Waals surface area (Å²) < 4.78 is 60.9. The van der Waals surface area contributed by atoms with Gasteiger partial charge in [-0.25, -0.2) is 17.2 Å². The lowest BCUT2D eigenvalue weighted by Crippen LogP contribution is -2.40. The summed E-state index contributed by atoms with van der Waals surface area (Å²) in [5.74, 6) is -1.95. The predicted octanol–water partition coefficient (Wildman–Crippen LogP) is 3.85. The summed E-state index contributed by atoms with van der Waals surface area (Å²) in [6.07, 6.45) is 0. The van der Waals surface area contributed by atoms with Gasteiger partial charge in [0.25, 0.3) is 5.91 Å². The standard InChI is InChI=1S/C25H24F2N2O4S/c1-28(24(18-5-3-2-4-6-18)19-7-9-20(26)10-8-19)25(30)22-17-21(11-12-23(22)27)34(31,32)29-13-15-33-16-14-29/h2-12,17,24H,13-16H2,1H3. The van der Waals surface area contributed by atoms with Crippen molar-refractivity contribution in [1.29, 1.82) is 0 Å². The Morgan fingerprint density at radius 2 is 1.56 bits per heavy atom. The van der Waals surface area contributed by atoms with Crippen LogP contribution >= 0.6 is 0 Å². The highest BCUT2D eigenvalue weighted by atomic mass is 32.2. The van der Waals surface area contributed by atoms with Gasteiger partial charge in [0.05, 0.1) is 29.7 Å². The maximum atomic E-state index is 14.8. The van der Waals surface area contributed by atoms with Gasteiger partial charge in [-0.2, -0.15) is 4.31 Å². The molecule has 3 aromatic carbocycles. The first kappa shape index (κ1) is 24.0. The molecule has 1 unspecified atom stereocenters. The third-order valence-electron chi connectivity index (χ3n) is 5.78. The number of sulfonamides is 1. The maximum absolute atomic E-state index is 14.8. The van der Waals surface area contributed by atoms with Crippen LogP contribution < -0.4 is 0 Å². The maximum Gasteiger partial charge on any atom is 0.257 e. The van der Waals surface area contributed by atoms with E-state index in [9.17, 15) is 22.0 Å². The molecule has 0 N–H and O–H groups in total.